The van der Waals surface area contributed by atoms with E-state index in [9.17, 15) is 9.00 Å². The number of likely N-dealkylation sites (N-methyl/N-ethyl adjacent to an activating group) is 2. The van der Waals surface area contributed by atoms with Gasteiger partial charge in [0, 0.05) is 51.9 Å². The van der Waals surface area contributed by atoms with Gasteiger partial charge in [0.1, 0.15) is 29.2 Å². The van der Waals surface area contributed by atoms with Crippen LogP contribution in [0.15, 0.2) is 47.5 Å². The minimum Gasteiger partial charge on any atom is -0.497 e. The molecule has 8 nitrogen and oxygen atoms in total. The molecule has 3 aromatic rings. The van der Waals surface area contributed by atoms with Crippen molar-refractivity contribution in [2.75, 3.05) is 41.0 Å². The van der Waals surface area contributed by atoms with Crippen molar-refractivity contribution in [3.05, 3.63) is 65.1 Å². The van der Waals surface area contributed by atoms with Gasteiger partial charge >= 0.3 is 0 Å². The van der Waals surface area contributed by atoms with E-state index in [4.69, 9.17) is 14.5 Å². The Labute approximate surface area is 228 Å². The fourth-order valence-corrected chi connectivity index (χ4v) is 5.92. The molecule has 1 aliphatic rings. The van der Waals surface area contributed by atoms with Crippen molar-refractivity contribution in [3.63, 3.8) is 0 Å². The number of imidazole rings is 1. The molecule has 0 spiro atoms. The number of nitrogens with zero attached hydrogens (tertiary/aromatic N) is 4. The van der Waals surface area contributed by atoms with Crippen LogP contribution in [0.3, 0.4) is 0 Å². The van der Waals surface area contributed by atoms with Gasteiger partial charge in [-0.3, -0.25) is 4.79 Å². The molecular formula is C29H38N4O4S. The first-order chi connectivity index (χ1) is 18.3. The van der Waals surface area contributed by atoms with E-state index in [0.29, 0.717) is 19.7 Å². The maximum atomic E-state index is 13.1. The lowest BCUT2D eigenvalue weighted by molar-refractivity contribution is -0.135. The number of carbonyl (C=O) groups is 1. The summed E-state index contributed by atoms with van der Waals surface area (Å²) in [6, 6.07) is 12.0. The Hall–Kier alpha value is -3.01. The third kappa shape index (κ3) is 6.70. The number of carbonyl (C=O) groups excluding carboxylic acids is 1. The molecule has 1 unspecified atom stereocenters. The van der Waals surface area contributed by atoms with Crippen molar-refractivity contribution in [2.24, 2.45) is 0 Å². The molecule has 4 rings (SSSR count). The molecule has 9 heteroatoms. The van der Waals surface area contributed by atoms with Crippen LogP contribution in [0.2, 0.25) is 0 Å². The lowest BCUT2D eigenvalue weighted by Crippen LogP contribution is -2.32. The maximum absolute atomic E-state index is 13.1. The molecule has 0 N–H and O–H groups in total. The summed E-state index contributed by atoms with van der Waals surface area (Å²) in [6.07, 6.45) is 5.61. The first-order valence-corrected chi connectivity index (χ1v) is 14.1. The SMILES string of the molecule is COc1cc(C)c(S(=O)N(C)CCOCC(=O)N(C)Cc2ccc(-c3cn4c(n3)CCCC4)cc2)c(C)c1. The molecule has 0 aliphatic carbocycles. The quantitative estimate of drug-likeness (QED) is 0.343. The second-order valence-electron chi connectivity index (χ2n) is 9.88. The Balaban J connectivity index is 1.22. The van der Waals surface area contributed by atoms with Crippen molar-refractivity contribution in [2.45, 2.75) is 51.1 Å². The van der Waals surface area contributed by atoms with Crippen LogP contribution in [-0.4, -0.2) is 69.8 Å². The molecule has 1 atom stereocenters. The molecule has 204 valence electrons. The van der Waals surface area contributed by atoms with Gasteiger partial charge in [0.25, 0.3) is 0 Å². The first kappa shape index (κ1) is 28.0. The van der Waals surface area contributed by atoms with E-state index in [0.717, 1.165) is 51.6 Å². The highest BCUT2D eigenvalue weighted by atomic mass is 32.2. The van der Waals surface area contributed by atoms with Gasteiger partial charge in [-0.15, -0.1) is 0 Å². The highest BCUT2D eigenvalue weighted by Gasteiger charge is 2.18. The number of benzene rings is 2. The van der Waals surface area contributed by atoms with Gasteiger partial charge in [-0.2, -0.15) is 0 Å². The molecule has 2 heterocycles. The summed E-state index contributed by atoms with van der Waals surface area (Å²) in [6.45, 7) is 6.13. The Morgan fingerprint density at radius 2 is 1.82 bits per heavy atom. The van der Waals surface area contributed by atoms with Crippen molar-refractivity contribution >= 4 is 16.9 Å². The fourth-order valence-electron chi connectivity index (χ4n) is 4.70. The molecule has 1 amide bonds. The van der Waals surface area contributed by atoms with Crippen LogP contribution in [0.5, 0.6) is 5.75 Å². The largest absolute Gasteiger partial charge is 0.497 e. The third-order valence-corrected chi connectivity index (χ3v) is 8.65. The number of hydrogen-bond acceptors (Lipinski definition) is 5. The van der Waals surface area contributed by atoms with Crippen LogP contribution in [0, 0.1) is 13.8 Å². The number of rotatable bonds is 11. The Bertz CT molecular complexity index is 1240. The lowest BCUT2D eigenvalue weighted by atomic mass is 10.1. The summed E-state index contributed by atoms with van der Waals surface area (Å²) in [5.74, 6) is 1.83. The van der Waals surface area contributed by atoms with Crippen molar-refractivity contribution in [3.8, 4) is 17.0 Å². The van der Waals surface area contributed by atoms with Gasteiger partial charge in [0.05, 0.1) is 24.3 Å². The number of fused-ring (bicyclic) bond motifs is 1. The van der Waals surface area contributed by atoms with Gasteiger partial charge in [0.15, 0.2) is 0 Å². The Morgan fingerprint density at radius 3 is 2.47 bits per heavy atom. The highest BCUT2D eigenvalue weighted by molar-refractivity contribution is 7.82. The molecule has 38 heavy (non-hydrogen) atoms. The molecule has 1 aromatic heterocycles. The second-order valence-corrected chi connectivity index (χ2v) is 11.4. The topological polar surface area (TPSA) is 76.9 Å². The van der Waals surface area contributed by atoms with Gasteiger partial charge in [-0.25, -0.2) is 13.5 Å². The van der Waals surface area contributed by atoms with Crippen LogP contribution in [-0.2, 0) is 40.0 Å². The number of aromatic nitrogens is 2. The summed E-state index contributed by atoms with van der Waals surface area (Å²) in [7, 11) is 3.86. The third-order valence-electron chi connectivity index (χ3n) is 6.91. The monoisotopic (exact) mass is 538 g/mol. The summed E-state index contributed by atoms with van der Waals surface area (Å²) in [5, 5.41) is 0. The minimum absolute atomic E-state index is 0.0180. The van der Waals surface area contributed by atoms with Crippen LogP contribution in [0.1, 0.15) is 35.4 Å². The fraction of sp³-hybridized carbons (Fsp3) is 0.448. The number of ether oxygens (including phenoxy) is 2. The van der Waals surface area contributed by atoms with Crippen LogP contribution in [0.25, 0.3) is 11.3 Å². The van der Waals surface area contributed by atoms with Crippen molar-refractivity contribution < 1.29 is 18.5 Å². The summed E-state index contributed by atoms with van der Waals surface area (Å²) in [4.78, 5) is 19.8. The van der Waals surface area contributed by atoms with E-state index < -0.39 is 11.0 Å². The zero-order valence-electron chi connectivity index (χ0n) is 23.0. The molecule has 0 bridgehead atoms. The second kappa shape index (κ2) is 12.7. The smallest absolute Gasteiger partial charge is 0.248 e. The standard InChI is InChI=1S/C29H38N4O4S/c1-21-16-25(36-5)17-22(2)29(21)38(35)32(4)14-15-37-20-28(34)31(3)18-23-9-11-24(12-10-23)26-19-33-13-7-6-8-27(33)30-26/h9-12,16-17,19H,6-8,13-15,18,20H2,1-5H3. The Morgan fingerprint density at radius 1 is 1.11 bits per heavy atom. The molecule has 1 aliphatic heterocycles. The summed E-state index contributed by atoms with van der Waals surface area (Å²) in [5.41, 5.74) is 4.99. The summed E-state index contributed by atoms with van der Waals surface area (Å²) >= 11 is 0. The summed E-state index contributed by atoms with van der Waals surface area (Å²) < 4.78 is 28.0. The van der Waals surface area contributed by atoms with E-state index in [2.05, 4.69) is 22.9 Å². The highest BCUT2D eigenvalue weighted by Crippen LogP contribution is 2.26. The Kier molecular flexibility index (Phi) is 9.35. The van der Waals surface area contributed by atoms with Gasteiger partial charge in [-0.05, 0) is 55.5 Å². The van der Waals surface area contributed by atoms with Crippen molar-refractivity contribution in [1.82, 2.24) is 18.8 Å². The number of hydrogen-bond donors (Lipinski definition) is 0. The van der Waals surface area contributed by atoms with Gasteiger partial charge < -0.3 is 18.9 Å². The van der Waals surface area contributed by atoms with E-state index in [1.165, 1.54) is 18.7 Å². The van der Waals surface area contributed by atoms with Crippen molar-refractivity contribution in [1.29, 1.82) is 0 Å². The molecule has 2 aromatic carbocycles. The van der Waals surface area contributed by atoms with E-state index in [1.54, 1.807) is 30.4 Å². The van der Waals surface area contributed by atoms with E-state index in [1.807, 2.05) is 38.1 Å². The zero-order chi connectivity index (χ0) is 27.2. The van der Waals surface area contributed by atoms with E-state index in [-0.39, 0.29) is 12.5 Å². The molecule has 0 saturated heterocycles. The number of amides is 1. The first-order valence-electron chi connectivity index (χ1n) is 13.0. The van der Waals surface area contributed by atoms with Crippen LogP contribution < -0.4 is 4.74 Å². The lowest BCUT2D eigenvalue weighted by Gasteiger charge is -2.20. The molecule has 0 fully saturated rings. The normalized spacial score (nSPS) is 13.8. The molecular weight excluding hydrogens is 500 g/mol. The maximum Gasteiger partial charge on any atom is 0.248 e. The zero-order valence-corrected chi connectivity index (χ0v) is 23.8. The predicted molar refractivity (Wildman–Crippen MR) is 149 cm³/mol. The molecule has 0 radical (unpaired) electrons. The van der Waals surface area contributed by atoms with Crippen LogP contribution in [0.4, 0.5) is 0 Å². The van der Waals surface area contributed by atoms with Gasteiger partial charge in [-0.1, -0.05) is 24.3 Å². The average molecular weight is 539 g/mol. The average Bonchev–Trinajstić information content (AvgIpc) is 3.35. The predicted octanol–water partition coefficient (Wildman–Crippen LogP) is 4.14. The number of methoxy groups -OCH3 is 1. The number of aryl methyl sites for hydroxylation is 4. The van der Waals surface area contributed by atoms with Crippen LogP contribution >= 0.6 is 0 Å². The van der Waals surface area contributed by atoms with Gasteiger partial charge in [0.2, 0.25) is 5.91 Å². The van der Waals surface area contributed by atoms with E-state index >= 15 is 0 Å². The minimum atomic E-state index is -1.33. The molecule has 0 saturated carbocycles.